The highest BCUT2D eigenvalue weighted by molar-refractivity contribution is 7.88. The SMILES string of the molecule is O=S(=O)(Cc1ccccc1)NCCn1nc(C2CCNC2)c2nccnc21. The van der Waals surface area contributed by atoms with E-state index < -0.39 is 10.0 Å². The molecule has 0 saturated carbocycles. The Hall–Kier alpha value is -2.36. The molecule has 2 N–H and O–H groups in total. The van der Waals surface area contributed by atoms with Gasteiger partial charge in [0.2, 0.25) is 10.0 Å². The average molecular weight is 386 g/mol. The van der Waals surface area contributed by atoms with Crippen LogP contribution < -0.4 is 10.0 Å². The topological polar surface area (TPSA) is 102 Å². The van der Waals surface area contributed by atoms with Crippen molar-refractivity contribution in [3.05, 3.63) is 54.0 Å². The largest absolute Gasteiger partial charge is 0.316 e. The van der Waals surface area contributed by atoms with E-state index in [1.54, 1.807) is 29.2 Å². The number of sulfonamides is 1. The lowest BCUT2D eigenvalue weighted by Gasteiger charge is -2.07. The van der Waals surface area contributed by atoms with Gasteiger partial charge in [-0.15, -0.1) is 0 Å². The molecule has 0 aliphatic carbocycles. The Bertz CT molecular complexity index is 1010. The van der Waals surface area contributed by atoms with E-state index in [1.165, 1.54) is 0 Å². The fourth-order valence-corrected chi connectivity index (χ4v) is 4.53. The van der Waals surface area contributed by atoms with Crippen molar-refractivity contribution in [3.8, 4) is 0 Å². The summed E-state index contributed by atoms with van der Waals surface area (Å²) in [6.45, 7) is 2.51. The van der Waals surface area contributed by atoms with Crippen molar-refractivity contribution in [2.75, 3.05) is 19.6 Å². The first-order valence-electron chi connectivity index (χ1n) is 9.02. The van der Waals surface area contributed by atoms with Crippen LogP contribution in [0.2, 0.25) is 0 Å². The van der Waals surface area contributed by atoms with Crippen molar-refractivity contribution < 1.29 is 8.42 Å². The maximum absolute atomic E-state index is 12.3. The summed E-state index contributed by atoms with van der Waals surface area (Å²) in [4.78, 5) is 8.84. The lowest BCUT2D eigenvalue weighted by atomic mass is 10.0. The number of benzene rings is 1. The van der Waals surface area contributed by atoms with E-state index in [2.05, 4.69) is 20.0 Å². The average Bonchev–Trinajstić information content (AvgIpc) is 3.30. The lowest BCUT2D eigenvalue weighted by molar-refractivity contribution is 0.559. The highest BCUT2D eigenvalue weighted by atomic mass is 32.2. The first-order valence-corrected chi connectivity index (χ1v) is 10.7. The number of hydrogen-bond acceptors (Lipinski definition) is 6. The van der Waals surface area contributed by atoms with Crippen LogP contribution in [0.1, 0.15) is 23.6 Å². The number of hydrogen-bond donors (Lipinski definition) is 2. The minimum atomic E-state index is -3.40. The smallest absolute Gasteiger partial charge is 0.215 e. The molecule has 4 rings (SSSR count). The molecule has 1 aromatic carbocycles. The maximum atomic E-state index is 12.3. The number of nitrogens with zero attached hydrogens (tertiary/aromatic N) is 4. The van der Waals surface area contributed by atoms with E-state index >= 15 is 0 Å². The third-order valence-corrected chi connectivity index (χ3v) is 6.04. The van der Waals surface area contributed by atoms with E-state index in [1.807, 2.05) is 18.2 Å². The van der Waals surface area contributed by atoms with Gasteiger partial charge in [0.1, 0.15) is 5.52 Å². The first-order chi connectivity index (χ1) is 13.1. The van der Waals surface area contributed by atoms with Crippen LogP contribution >= 0.6 is 0 Å². The molecule has 0 amide bonds. The fourth-order valence-electron chi connectivity index (χ4n) is 3.40. The highest BCUT2D eigenvalue weighted by Gasteiger charge is 2.24. The van der Waals surface area contributed by atoms with Gasteiger partial charge in [-0.05, 0) is 18.5 Å². The van der Waals surface area contributed by atoms with Gasteiger partial charge in [-0.2, -0.15) is 5.10 Å². The van der Waals surface area contributed by atoms with E-state index in [0.29, 0.717) is 18.1 Å². The van der Waals surface area contributed by atoms with Crippen LogP contribution in [0.5, 0.6) is 0 Å². The molecule has 0 radical (unpaired) electrons. The second-order valence-electron chi connectivity index (χ2n) is 6.67. The summed E-state index contributed by atoms with van der Waals surface area (Å²) in [5.41, 5.74) is 3.20. The van der Waals surface area contributed by atoms with Crippen molar-refractivity contribution in [1.82, 2.24) is 29.8 Å². The predicted molar refractivity (Wildman–Crippen MR) is 103 cm³/mol. The number of rotatable bonds is 7. The standard InChI is InChI=1S/C18H22N6O2S/c25-27(26,13-14-4-2-1-3-5-14)22-10-11-24-18-17(20-8-9-21-18)16(23-24)15-6-7-19-12-15/h1-5,8-9,15,19,22H,6-7,10-13H2. The molecular weight excluding hydrogens is 364 g/mol. The Balaban J connectivity index is 1.46. The summed E-state index contributed by atoms with van der Waals surface area (Å²) in [7, 11) is -3.40. The van der Waals surface area contributed by atoms with Gasteiger partial charge in [0.15, 0.2) is 5.65 Å². The van der Waals surface area contributed by atoms with Crippen molar-refractivity contribution in [3.63, 3.8) is 0 Å². The molecule has 1 aliphatic rings. The van der Waals surface area contributed by atoms with Crippen LogP contribution in [-0.4, -0.2) is 47.8 Å². The quantitative estimate of drug-likeness (QED) is 0.629. The normalized spacial score (nSPS) is 17.6. The molecule has 1 aliphatic heterocycles. The molecule has 9 heteroatoms. The zero-order valence-electron chi connectivity index (χ0n) is 14.9. The van der Waals surface area contributed by atoms with Crippen molar-refractivity contribution in [1.29, 1.82) is 0 Å². The summed E-state index contributed by atoms with van der Waals surface area (Å²) >= 11 is 0. The van der Waals surface area contributed by atoms with Crippen molar-refractivity contribution >= 4 is 21.2 Å². The molecule has 1 unspecified atom stereocenters. The molecule has 27 heavy (non-hydrogen) atoms. The van der Waals surface area contributed by atoms with E-state index in [0.717, 1.165) is 36.3 Å². The molecule has 142 valence electrons. The molecule has 1 saturated heterocycles. The van der Waals surface area contributed by atoms with Crippen LogP contribution in [0.25, 0.3) is 11.2 Å². The van der Waals surface area contributed by atoms with Gasteiger partial charge >= 0.3 is 0 Å². The van der Waals surface area contributed by atoms with Gasteiger partial charge in [0, 0.05) is 31.4 Å². The summed E-state index contributed by atoms with van der Waals surface area (Å²) in [6, 6.07) is 9.14. The Morgan fingerprint density at radius 2 is 2.00 bits per heavy atom. The molecule has 3 heterocycles. The molecule has 8 nitrogen and oxygen atoms in total. The van der Waals surface area contributed by atoms with Gasteiger partial charge in [-0.25, -0.2) is 27.8 Å². The van der Waals surface area contributed by atoms with Gasteiger partial charge in [-0.1, -0.05) is 30.3 Å². The summed E-state index contributed by atoms with van der Waals surface area (Å²) in [5.74, 6) is 0.284. The van der Waals surface area contributed by atoms with E-state index in [4.69, 9.17) is 5.10 Å². The van der Waals surface area contributed by atoms with Crippen LogP contribution in [0, 0.1) is 0 Å². The van der Waals surface area contributed by atoms with Crippen LogP contribution in [0.15, 0.2) is 42.7 Å². The minimum absolute atomic E-state index is 0.0352. The van der Waals surface area contributed by atoms with E-state index in [-0.39, 0.29) is 12.3 Å². The summed E-state index contributed by atoms with van der Waals surface area (Å²) in [6.07, 6.45) is 4.33. The zero-order chi connectivity index (χ0) is 18.7. The minimum Gasteiger partial charge on any atom is -0.316 e. The second kappa shape index (κ2) is 7.71. The monoisotopic (exact) mass is 386 g/mol. The molecule has 1 atom stereocenters. The van der Waals surface area contributed by atoms with Crippen LogP contribution in [0.3, 0.4) is 0 Å². The Labute approximate surface area is 158 Å². The Morgan fingerprint density at radius 1 is 1.19 bits per heavy atom. The lowest BCUT2D eigenvalue weighted by Crippen LogP contribution is -2.29. The molecule has 2 aromatic heterocycles. The fraction of sp³-hybridized carbons (Fsp3) is 0.389. The van der Waals surface area contributed by atoms with Crippen molar-refractivity contribution in [2.45, 2.75) is 24.6 Å². The van der Waals surface area contributed by atoms with Gasteiger partial charge in [0.25, 0.3) is 0 Å². The van der Waals surface area contributed by atoms with Gasteiger partial charge in [0.05, 0.1) is 18.0 Å². The number of aromatic nitrogens is 4. The maximum Gasteiger partial charge on any atom is 0.215 e. The van der Waals surface area contributed by atoms with Crippen molar-refractivity contribution in [2.24, 2.45) is 0 Å². The summed E-state index contributed by atoms with van der Waals surface area (Å²) < 4.78 is 29.0. The molecule has 1 fully saturated rings. The second-order valence-corrected chi connectivity index (χ2v) is 8.47. The van der Waals surface area contributed by atoms with E-state index in [9.17, 15) is 8.42 Å². The Morgan fingerprint density at radius 3 is 2.78 bits per heavy atom. The molecule has 3 aromatic rings. The summed E-state index contributed by atoms with van der Waals surface area (Å²) in [5, 5.41) is 8.03. The molecule has 0 bridgehead atoms. The van der Waals surface area contributed by atoms with Crippen LogP contribution in [0.4, 0.5) is 0 Å². The van der Waals surface area contributed by atoms with Gasteiger partial charge in [-0.3, -0.25) is 0 Å². The third kappa shape index (κ3) is 4.15. The first kappa shape index (κ1) is 18.0. The van der Waals surface area contributed by atoms with Gasteiger partial charge < -0.3 is 5.32 Å². The van der Waals surface area contributed by atoms with Crippen LogP contribution in [-0.2, 0) is 22.3 Å². The number of fused-ring (bicyclic) bond motifs is 1. The highest BCUT2D eigenvalue weighted by Crippen LogP contribution is 2.26. The Kier molecular flexibility index (Phi) is 5.15. The zero-order valence-corrected chi connectivity index (χ0v) is 15.7. The third-order valence-electron chi connectivity index (χ3n) is 4.69. The molecular formula is C18H22N6O2S. The number of nitrogens with one attached hydrogen (secondary N) is 2. The molecule has 0 spiro atoms. The predicted octanol–water partition coefficient (Wildman–Crippen LogP) is 1.02.